The number of nitrogens with one attached hydrogen (secondary N) is 1. The van der Waals surface area contributed by atoms with Crippen molar-refractivity contribution in [1.29, 1.82) is 0 Å². The minimum atomic E-state index is 0.249. The predicted molar refractivity (Wildman–Crippen MR) is 70.2 cm³/mol. The van der Waals surface area contributed by atoms with Gasteiger partial charge in [0.1, 0.15) is 0 Å². The van der Waals surface area contributed by atoms with Crippen LogP contribution in [0.4, 0.5) is 0 Å². The van der Waals surface area contributed by atoms with Crippen molar-refractivity contribution in [3.8, 4) is 0 Å². The topological polar surface area (TPSA) is 12.0 Å². The molecule has 1 N–H and O–H groups in total. The second-order valence-electron chi connectivity index (χ2n) is 6.54. The minimum Gasteiger partial charge on any atom is -0.312 e. The van der Waals surface area contributed by atoms with Gasteiger partial charge in [-0.2, -0.15) is 0 Å². The molecule has 15 heavy (non-hydrogen) atoms. The Morgan fingerprint density at radius 2 is 1.40 bits per heavy atom. The van der Waals surface area contributed by atoms with Crippen LogP contribution in [0.3, 0.4) is 0 Å². The summed E-state index contributed by atoms with van der Waals surface area (Å²) in [6.07, 6.45) is 8.23. The molecule has 0 aliphatic rings. The first-order chi connectivity index (χ1) is 6.71. The lowest BCUT2D eigenvalue weighted by molar-refractivity contribution is 0.381. The molecule has 0 aromatic carbocycles. The van der Waals surface area contributed by atoms with Crippen LogP contribution in [0.1, 0.15) is 60.8 Å². The third-order valence-electron chi connectivity index (χ3n) is 2.19. The van der Waals surface area contributed by atoms with E-state index in [1.54, 1.807) is 0 Å². The monoisotopic (exact) mass is 211 g/mol. The molecule has 0 unspecified atom stereocenters. The van der Waals surface area contributed by atoms with Gasteiger partial charge in [0.05, 0.1) is 0 Å². The highest BCUT2D eigenvalue weighted by Crippen LogP contribution is 2.20. The minimum absolute atomic E-state index is 0.249. The second-order valence-corrected chi connectivity index (χ2v) is 6.54. The van der Waals surface area contributed by atoms with E-state index in [4.69, 9.17) is 0 Å². The zero-order chi connectivity index (χ0) is 11.9. The quantitative estimate of drug-likeness (QED) is 0.532. The summed E-state index contributed by atoms with van der Waals surface area (Å²) < 4.78 is 0. The van der Waals surface area contributed by atoms with E-state index in [2.05, 4.69) is 59.0 Å². The first kappa shape index (κ1) is 14.7. The van der Waals surface area contributed by atoms with Gasteiger partial charge in [-0.15, -0.1) is 0 Å². The number of allylic oxidation sites excluding steroid dienone is 1. The highest BCUT2D eigenvalue weighted by Gasteiger charge is 2.08. The Kier molecular flexibility index (Phi) is 6.19. The van der Waals surface area contributed by atoms with Crippen molar-refractivity contribution in [2.24, 2.45) is 5.41 Å². The maximum absolute atomic E-state index is 3.48. The van der Waals surface area contributed by atoms with E-state index in [9.17, 15) is 0 Å². The number of rotatable bonds is 5. The Morgan fingerprint density at radius 1 is 0.867 bits per heavy atom. The molecule has 0 radical (unpaired) electrons. The van der Waals surface area contributed by atoms with Gasteiger partial charge < -0.3 is 5.32 Å². The molecule has 0 amide bonds. The Bertz CT molecular complexity index is 178. The van der Waals surface area contributed by atoms with Crippen LogP contribution in [0.5, 0.6) is 0 Å². The molecule has 0 heterocycles. The molecule has 0 rings (SSSR count). The number of hydrogen-bond donors (Lipinski definition) is 1. The largest absolute Gasteiger partial charge is 0.312 e. The standard InChI is InChI=1S/C14H29N/c1-13(2,3)11-9-7-8-10-12-15-14(4,5)6/h7-8,15H,9-12H2,1-6H3. The normalized spacial score (nSPS) is 13.7. The van der Waals surface area contributed by atoms with E-state index in [0.717, 1.165) is 13.0 Å². The summed E-state index contributed by atoms with van der Waals surface area (Å²) >= 11 is 0. The van der Waals surface area contributed by atoms with E-state index in [1.165, 1.54) is 12.8 Å². The molecule has 1 heteroatoms. The van der Waals surface area contributed by atoms with Crippen molar-refractivity contribution in [3.05, 3.63) is 12.2 Å². The summed E-state index contributed by atoms with van der Waals surface area (Å²) in [7, 11) is 0. The van der Waals surface area contributed by atoms with E-state index < -0.39 is 0 Å². The Labute approximate surface area is 96.3 Å². The zero-order valence-electron chi connectivity index (χ0n) is 11.5. The maximum atomic E-state index is 3.48. The Balaban J connectivity index is 3.41. The van der Waals surface area contributed by atoms with Crippen molar-refractivity contribution in [2.75, 3.05) is 6.54 Å². The third kappa shape index (κ3) is 13.7. The van der Waals surface area contributed by atoms with E-state index in [-0.39, 0.29) is 5.54 Å². The molecule has 0 fully saturated rings. The summed E-state index contributed by atoms with van der Waals surface area (Å²) in [5.74, 6) is 0. The van der Waals surface area contributed by atoms with Crippen LogP contribution >= 0.6 is 0 Å². The summed E-state index contributed by atoms with van der Waals surface area (Å²) in [5.41, 5.74) is 0.716. The molecule has 0 saturated heterocycles. The van der Waals surface area contributed by atoms with Crippen LogP contribution in [0, 0.1) is 5.41 Å². The highest BCUT2D eigenvalue weighted by molar-refractivity contribution is 4.84. The van der Waals surface area contributed by atoms with Gasteiger partial charge >= 0.3 is 0 Å². The molecule has 0 bridgehead atoms. The summed E-state index contributed by atoms with van der Waals surface area (Å²) in [6, 6.07) is 0. The smallest absolute Gasteiger partial charge is 0.00966 e. The lowest BCUT2D eigenvalue weighted by Crippen LogP contribution is -2.36. The SMILES string of the molecule is CC(C)(C)CCC=CCCNC(C)(C)C. The first-order valence-corrected chi connectivity index (χ1v) is 6.11. The maximum Gasteiger partial charge on any atom is 0.00966 e. The van der Waals surface area contributed by atoms with Gasteiger partial charge in [0.15, 0.2) is 0 Å². The summed E-state index contributed by atoms with van der Waals surface area (Å²) in [5, 5.41) is 3.48. The predicted octanol–water partition coefficient (Wildman–Crippen LogP) is 4.15. The van der Waals surface area contributed by atoms with Crippen LogP contribution < -0.4 is 5.32 Å². The van der Waals surface area contributed by atoms with Crippen LogP contribution in [-0.2, 0) is 0 Å². The van der Waals surface area contributed by atoms with Gasteiger partial charge in [0.2, 0.25) is 0 Å². The van der Waals surface area contributed by atoms with Crippen LogP contribution in [0.2, 0.25) is 0 Å². The molecule has 1 nitrogen and oxygen atoms in total. The van der Waals surface area contributed by atoms with Gasteiger partial charge in [-0.1, -0.05) is 32.9 Å². The third-order valence-corrected chi connectivity index (χ3v) is 2.19. The van der Waals surface area contributed by atoms with E-state index in [1.807, 2.05) is 0 Å². The molecule has 0 atom stereocenters. The average Bonchev–Trinajstić information content (AvgIpc) is 1.98. The van der Waals surface area contributed by atoms with Gasteiger partial charge in [-0.3, -0.25) is 0 Å². The molecule has 0 aliphatic heterocycles. The first-order valence-electron chi connectivity index (χ1n) is 6.11. The molecule has 0 spiro atoms. The van der Waals surface area contributed by atoms with Gasteiger partial charge in [-0.25, -0.2) is 0 Å². The summed E-state index contributed by atoms with van der Waals surface area (Å²) in [4.78, 5) is 0. The van der Waals surface area contributed by atoms with E-state index >= 15 is 0 Å². The van der Waals surface area contributed by atoms with Crippen molar-refractivity contribution >= 4 is 0 Å². The van der Waals surface area contributed by atoms with Crippen molar-refractivity contribution in [3.63, 3.8) is 0 Å². The fourth-order valence-corrected chi connectivity index (χ4v) is 1.28. The van der Waals surface area contributed by atoms with Crippen LogP contribution in [-0.4, -0.2) is 12.1 Å². The second kappa shape index (κ2) is 6.32. The molecule has 0 saturated carbocycles. The fraction of sp³-hybridized carbons (Fsp3) is 0.857. The lowest BCUT2D eigenvalue weighted by atomic mass is 9.90. The van der Waals surface area contributed by atoms with Crippen molar-refractivity contribution in [1.82, 2.24) is 5.32 Å². The zero-order valence-corrected chi connectivity index (χ0v) is 11.5. The van der Waals surface area contributed by atoms with Gasteiger partial charge in [0.25, 0.3) is 0 Å². The molecule has 0 aromatic rings. The molecule has 0 aromatic heterocycles. The molecule has 0 aliphatic carbocycles. The molecular weight excluding hydrogens is 182 g/mol. The molecule has 90 valence electrons. The highest BCUT2D eigenvalue weighted by atomic mass is 14.9. The van der Waals surface area contributed by atoms with Crippen molar-refractivity contribution in [2.45, 2.75) is 66.3 Å². The summed E-state index contributed by atoms with van der Waals surface area (Å²) in [6.45, 7) is 14.6. The molecular formula is C14H29N. The number of hydrogen-bond acceptors (Lipinski definition) is 1. The Hall–Kier alpha value is -0.300. The van der Waals surface area contributed by atoms with E-state index in [0.29, 0.717) is 5.41 Å². The van der Waals surface area contributed by atoms with Gasteiger partial charge in [-0.05, 0) is 52.0 Å². The van der Waals surface area contributed by atoms with Crippen LogP contribution in [0.25, 0.3) is 0 Å². The Morgan fingerprint density at radius 3 is 1.87 bits per heavy atom. The fourth-order valence-electron chi connectivity index (χ4n) is 1.28. The van der Waals surface area contributed by atoms with Gasteiger partial charge in [0, 0.05) is 5.54 Å². The average molecular weight is 211 g/mol. The van der Waals surface area contributed by atoms with Crippen molar-refractivity contribution < 1.29 is 0 Å². The lowest BCUT2D eigenvalue weighted by Gasteiger charge is -2.19. The van der Waals surface area contributed by atoms with Crippen LogP contribution in [0.15, 0.2) is 12.2 Å².